The van der Waals surface area contributed by atoms with Crippen LogP contribution in [-0.2, 0) is 4.79 Å². The summed E-state index contributed by atoms with van der Waals surface area (Å²) >= 11 is 7.56. The highest BCUT2D eigenvalue weighted by Gasteiger charge is 2.05. The molecular weight excluding hydrogens is 268 g/mol. The van der Waals surface area contributed by atoms with Crippen LogP contribution < -0.4 is 5.32 Å². The van der Waals surface area contributed by atoms with E-state index in [4.69, 9.17) is 16.9 Å². The third kappa shape index (κ3) is 5.44. The van der Waals surface area contributed by atoms with E-state index in [1.165, 1.54) is 0 Å². The fourth-order valence-corrected chi connectivity index (χ4v) is 2.40. The van der Waals surface area contributed by atoms with Crippen LogP contribution in [0.3, 0.4) is 0 Å². The second-order valence-corrected chi connectivity index (χ2v) is 5.41. The van der Waals surface area contributed by atoms with Gasteiger partial charge in [0.25, 0.3) is 0 Å². The normalized spacial score (nSPS) is 11.6. The van der Waals surface area contributed by atoms with Gasteiger partial charge in [-0.3, -0.25) is 4.79 Å². The molecule has 0 heterocycles. The van der Waals surface area contributed by atoms with Crippen molar-refractivity contribution >= 4 is 29.3 Å². The molecule has 1 amide bonds. The molecule has 18 heavy (non-hydrogen) atoms. The van der Waals surface area contributed by atoms with E-state index in [9.17, 15) is 4.79 Å². The van der Waals surface area contributed by atoms with Crippen molar-refractivity contribution < 1.29 is 4.79 Å². The van der Waals surface area contributed by atoms with E-state index in [1.54, 1.807) is 18.7 Å². The molecule has 1 aromatic rings. The lowest BCUT2D eigenvalue weighted by Gasteiger charge is -2.06. The van der Waals surface area contributed by atoms with Gasteiger partial charge in [0, 0.05) is 23.6 Å². The van der Waals surface area contributed by atoms with E-state index in [0.29, 0.717) is 23.7 Å². The number of hydrogen-bond donors (Lipinski definition) is 1. The van der Waals surface area contributed by atoms with E-state index in [0.717, 1.165) is 4.90 Å². The topological polar surface area (TPSA) is 52.9 Å². The third-order valence-corrected chi connectivity index (χ3v) is 3.77. The third-order valence-electron chi connectivity index (χ3n) is 2.25. The molecule has 1 unspecified atom stereocenters. The van der Waals surface area contributed by atoms with E-state index >= 15 is 0 Å². The van der Waals surface area contributed by atoms with Gasteiger partial charge in [-0.2, -0.15) is 5.26 Å². The number of carbonyl (C=O) groups excluding carboxylic acids is 1. The van der Waals surface area contributed by atoms with Gasteiger partial charge in [-0.05, 0) is 19.1 Å². The number of amides is 1. The zero-order valence-corrected chi connectivity index (χ0v) is 11.7. The van der Waals surface area contributed by atoms with Crippen LogP contribution >= 0.6 is 23.4 Å². The van der Waals surface area contributed by atoms with Gasteiger partial charge < -0.3 is 5.32 Å². The molecule has 0 aliphatic carbocycles. The molecule has 1 rings (SSSR count). The Hall–Kier alpha value is -1.18. The summed E-state index contributed by atoms with van der Waals surface area (Å²) in [7, 11) is 0. The largest absolute Gasteiger partial charge is 0.355 e. The SMILES string of the molecule is CC(C#N)CNC(=O)CCSc1ccccc1Cl. The average Bonchev–Trinajstić information content (AvgIpc) is 2.38. The number of hydrogen-bond acceptors (Lipinski definition) is 3. The first-order valence-corrected chi connectivity index (χ1v) is 7.03. The Labute approximate surface area is 117 Å². The minimum atomic E-state index is -0.148. The monoisotopic (exact) mass is 282 g/mol. The van der Waals surface area contributed by atoms with Crippen LogP contribution in [-0.4, -0.2) is 18.2 Å². The molecule has 0 aromatic heterocycles. The highest BCUT2D eigenvalue weighted by Crippen LogP contribution is 2.26. The number of thioether (sulfide) groups is 1. The van der Waals surface area contributed by atoms with E-state index in [-0.39, 0.29) is 11.8 Å². The molecular formula is C13H15ClN2OS. The molecule has 0 radical (unpaired) electrons. The number of rotatable bonds is 6. The van der Waals surface area contributed by atoms with Crippen molar-refractivity contribution in [3.8, 4) is 6.07 Å². The Bertz CT molecular complexity index is 445. The van der Waals surface area contributed by atoms with Gasteiger partial charge >= 0.3 is 0 Å². The Balaban J connectivity index is 2.24. The fraction of sp³-hybridized carbons (Fsp3) is 0.385. The molecule has 0 aliphatic rings. The van der Waals surface area contributed by atoms with Crippen LogP contribution in [0, 0.1) is 17.2 Å². The van der Waals surface area contributed by atoms with Crippen molar-refractivity contribution in [3.63, 3.8) is 0 Å². The molecule has 0 saturated heterocycles. The van der Waals surface area contributed by atoms with E-state index in [2.05, 4.69) is 11.4 Å². The molecule has 1 atom stereocenters. The van der Waals surface area contributed by atoms with Crippen molar-refractivity contribution in [3.05, 3.63) is 29.3 Å². The fourth-order valence-electron chi connectivity index (χ4n) is 1.22. The number of carbonyl (C=O) groups is 1. The molecule has 0 spiro atoms. The zero-order valence-electron chi connectivity index (χ0n) is 10.1. The van der Waals surface area contributed by atoms with Gasteiger partial charge in [-0.25, -0.2) is 0 Å². The molecule has 96 valence electrons. The Morgan fingerprint density at radius 2 is 2.28 bits per heavy atom. The Morgan fingerprint density at radius 1 is 1.56 bits per heavy atom. The summed E-state index contributed by atoms with van der Waals surface area (Å²) in [5.41, 5.74) is 0. The maximum Gasteiger partial charge on any atom is 0.220 e. The van der Waals surface area contributed by atoms with Crippen LogP contribution in [0.4, 0.5) is 0 Å². The first-order valence-electron chi connectivity index (χ1n) is 5.67. The Kier molecular flexibility index (Phi) is 6.63. The average molecular weight is 283 g/mol. The summed E-state index contributed by atoms with van der Waals surface area (Å²) in [6, 6.07) is 9.63. The lowest BCUT2D eigenvalue weighted by molar-refractivity contribution is -0.120. The lowest BCUT2D eigenvalue weighted by atomic mass is 10.2. The van der Waals surface area contributed by atoms with Crippen LogP contribution in [0.1, 0.15) is 13.3 Å². The van der Waals surface area contributed by atoms with Gasteiger partial charge in [-0.1, -0.05) is 23.7 Å². The first-order chi connectivity index (χ1) is 8.63. The summed E-state index contributed by atoms with van der Waals surface area (Å²) < 4.78 is 0. The number of benzene rings is 1. The van der Waals surface area contributed by atoms with Gasteiger partial charge in [0.2, 0.25) is 5.91 Å². The predicted molar refractivity (Wildman–Crippen MR) is 74.6 cm³/mol. The van der Waals surface area contributed by atoms with Crippen LogP contribution in [0.15, 0.2) is 29.2 Å². The summed E-state index contributed by atoms with van der Waals surface area (Å²) in [6.45, 7) is 2.19. The number of halogens is 1. The second-order valence-electron chi connectivity index (χ2n) is 3.86. The molecule has 0 saturated carbocycles. The smallest absolute Gasteiger partial charge is 0.220 e. The van der Waals surface area contributed by atoms with Gasteiger partial charge in [0.05, 0.1) is 17.0 Å². The Morgan fingerprint density at radius 3 is 2.94 bits per heavy atom. The minimum Gasteiger partial charge on any atom is -0.355 e. The van der Waals surface area contributed by atoms with Crippen molar-refractivity contribution in [2.24, 2.45) is 5.92 Å². The van der Waals surface area contributed by atoms with E-state index < -0.39 is 0 Å². The zero-order chi connectivity index (χ0) is 13.4. The van der Waals surface area contributed by atoms with Gasteiger partial charge in [0.1, 0.15) is 0 Å². The molecule has 1 N–H and O–H groups in total. The lowest BCUT2D eigenvalue weighted by Crippen LogP contribution is -2.27. The molecule has 0 aliphatic heterocycles. The van der Waals surface area contributed by atoms with Crippen molar-refractivity contribution in [2.75, 3.05) is 12.3 Å². The quantitative estimate of drug-likeness (QED) is 0.816. The minimum absolute atomic E-state index is 0.0309. The van der Waals surface area contributed by atoms with Crippen molar-refractivity contribution in [1.82, 2.24) is 5.32 Å². The molecule has 5 heteroatoms. The molecule has 0 fully saturated rings. The van der Waals surface area contributed by atoms with Crippen LogP contribution in [0.2, 0.25) is 5.02 Å². The summed E-state index contributed by atoms with van der Waals surface area (Å²) in [5, 5.41) is 12.0. The van der Waals surface area contributed by atoms with Gasteiger partial charge in [-0.15, -0.1) is 11.8 Å². The number of nitriles is 1. The molecule has 0 bridgehead atoms. The number of nitrogens with one attached hydrogen (secondary N) is 1. The maximum atomic E-state index is 11.5. The molecule has 1 aromatic carbocycles. The summed E-state index contributed by atoms with van der Waals surface area (Å²) in [6.07, 6.45) is 0.425. The number of nitrogens with zero attached hydrogens (tertiary/aromatic N) is 1. The van der Waals surface area contributed by atoms with Crippen molar-refractivity contribution in [1.29, 1.82) is 5.26 Å². The summed E-state index contributed by atoms with van der Waals surface area (Å²) in [4.78, 5) is 12.5. The maximum absolute atomic E-state index is 11.5. The first kappa shape index (κ1) is 14.9. The van der Waals surface area contributed by atoms with Crippen LogP contribution in [0.5, 0.6) is 0 Å². The van der Waals surface area contributed by atoms with Crippen molar-refractivity contribution in [2.45, 2.75) is 18.2 Å². The highest BCUT2D eigenvalue weighted by molar-refractivity contribution is 7.99. The van der Waals surface area contributed by atoms with Crippen LogP contribution in [0.25, 0.3) is 0 Å². The summed E-state index contributed by atoms with van der Waals surface area (Å²) in [5.74, 6) is 0.498. The predicted octanol–water partition coefficient (Wildman–Crippen LogP) is 3.10. The highest BCUT2D eigenvalue weighted by atomic mass is 35.5. The second kappa shape index (κ2) is 8.02. The van der Waals surface area contributed by atoms with Gasteiger partial charge in [0.15, 0.2) is 0 Å². The molecule has 3 nitrogen and oxygen atoms in total. The van der Waals surface area contributed by atoms with E-state index in [1.807, 2.05) is 24.3 Å². The standard InChI is InChI=1S/C13H15ClN2OS/c1-10(8-15)9-16-13(17)6-7-18-12-5-3-2-4-11(12)14/h2-5,10H,6-7,9H2,1H3,(H,16,17).